The minimum atomic E-state index is -4.76. The van der Waals surface area contributed by atoms with Crippen molar-refractivity contribution < 1.29 is 26.4 Å². The van der Waals surface area contributed by atoms with Gasteiger partial charge in [0, 0.05) is 5.71 Å². The predicted molar refractivity (Wildman–Crippen MR) is 92.7 cm³/mol. The Balaban J connectivity index is 2.25. The molecule has 11 heteroatoms. The Labute approximate surface area is 154 Å². The number of anilines is 1. The first kappa shape index (κ1) is 20.5. The molecular formula is C15H17ClF3N3O3S. The maximum atomic E-state index is 13.0. The van der Waals surface area contributed by atoms with Gasteiger partial charge in [0.15, 0.2) is 0 Å². The number of amides is 1. The van der Waals surface area contributed by atoms with Gasteiger partial charge in [-0.05, 0) is 43.9 Å². The molecule has 0 atom stereocenters. The molecule has 0 bridgehead atoms. The number of carbonyl (C=O) groups excluding carboxylic acids is 1. The molecule has 1 aromatic rings. The van der Waals surface area contributed by atoms with Gasteiger partial charge in [0.05, 0.1) is 22.5 Å². The first-order valence-electron chi connectivity index (χ1n) is 7.67. The molecule has 1 amide bonds. The lowest BCUT2D eigenvalue weighted by atomic mass is 10.2. The van der Waals surface area contributed by atoms with E-state index >= 15 is 0 Å². The highest BCUT2D eigenvalue weighted by atomic mass is 35.5. The van der Waals surface area contributed by atoms with Crippen LogP contribution < -0.4 is 9.73 Å². The van der Waals surface area contributed by atoms with Crippen molar-refractivity contribution in [2.45, 2.75) is 31.9 Å². The summed E-state index contributed by atoms with van der Waals surface area (Å²) in [6.07, 6.45) is -0.521. The molecule has 0 radical (unpaired) electrons. The van der Waals surface area contributed by atoms with Crippen molar-refractivity contribution in [3.63, 3.8) is 0 Å². The number of hydrogen-bond donors (Lipinski definition) is 1. The minimum absolute atomic E-state index is 0.312. The van der Waals surface area contributed by atoms with Gasteiger partial charge in [-0.2, -0.15) is 18.3 Å². The van der Waals surface area contributed by atoms with E-state index in [1.54, 1.807) is 0 Å². The van der Waals surface area contributed by atoms with Gasteiger partial charge >= 0.3 is 6.18 Å². The molecule has 1 aromatic carbocycles. The summed E-state index contributed by atoms with van der Waals surface area (Å²) in [5.41, 5.74) is 1.55. The van der Waals surface area contributed by atoms with E-state index in [9.17, 15) is 26.4 Å². The van der Waals surface area contributed by atoms with Gasteiger partial charge in [0.1, 0.15) is 6.54 Å². The summed E-state index contributed by atoms with van der Waals surface area (Å²) in [5.74, 6) is -0.752. The van der Waals surface area contributed by atoms with Gasteiger partial charge in [-0.3, -0.25) is 9.10 Å². The van der Waals surface area contributed by atoms with Crippen LogP contribution in [0, 0.1) is 0 Å². The maximum absolute atomic E-state index is 13.0. The van der Waals surface area contributed by atoms with Gasteiger partial charge in [-0.15, -0.1) is 0 Å². The number of hydrazone groups is 1. The fraction of sp³-hybridized carbons (Fsp3) is 0.467. The van der Waals surface area contributed by atoms with Crippen LogP contribution >= 0.6 is 11.6 Å². The molecule has 1 aliphatic carbocycles. The van der Waals surface area contributed by atoms with E-state index in [-0.39, 0.29) is 5.69 Å². The average Bonchev–Trinajstić information content (AvgIpc) is 3.02. The van der Waals surface area contributed by atoms with Crippen molar-refractivity contribution in [1.29, 1.82) is 0 Å². The van der Waals surface area contributed by atoms with Crippen LogP contribution in [-0.4, -0.2) is 32.8 Å². The third kappa shape index (κ3) is 5.34. The molecule has 1 aliphatic rings. The zero-order chi connectivity index (χ0) is 19.5. The van der Waals surface area contributed by atoms with Crippen LogP contribution in [0.1, 0.15) is 31.2 Å². The second kappa shape index (κ2) is 7.83. The zero-order valence-corrected chi connectivity index (χ0v) is 15.4. The van der Waals surface area contributed by atoms with Gasteiger partial charge in [0.2, 0.25) is 10.0 Å². The molecule has 0 spiro atoms. The molecule has 1 N–H and O–H groups in total. The number of benzene rings is 1. The number of halogens is 4. The van der Waals surface area contributed by atoms with Crippen molar-refractivity contribution in [1.82, 2.24) is 5.43 Å². The molecule has 0 heterocycles. The summed E-state index contributed by atoms with van der Waals surface area (Å²) in [6, 6.07) is 2.64. The predicted octanol–water partition coefficient (Wildman–Crippen LogP) is 3.17. The van der Waals surface area contributed by atoms with Crippen LogP contribution in [0.2, 0.25) is 5.02 Å². The molecule has 1 fully saturated rings. The standard InChI is InChI=1S/C15H17ClF3N3O3S/c1-26(24,25)22(9-14(23)21-20-10-4-2-3-5-10)11-6-7-13(16)12(8-11)15(17,18)19/h6-8H,2-5,9H2,1H3,(H,21,23). The van der Waals surface area contributed by atoms with Gasteiger partial charge in [-0.25, -0.2) is 13.8 Å². The highest BCUT2D eigenvalue weighted by Crippen LogP contribution is 2.37. The lowest BCUT2D eigenvalue weighted by Gasteiger charge is -2.22. The fourth-order valence-corrected chi connectivity index (χ4v) is 3.56. The minimum Gasteiger partial charge on any atom is -0.271 e. The normalized spacial score (nSPS) is 15.0. The van der Waals surface area contributed by atoms with Gasteiger partial charge in [-0.1, -0.05) is 11.6 Å². The van der Waals surface area contributed by atoms with Crippen molar-refractivity contribution in [2.75, 3.05) is 17.1 Å². The number of nitrogens with zero attached hydrogens (tertiary/aromatic N) is 2. The van der Waals surface area contributed by atoms with Crippen molar-refractivity contribution in [3.8, 4) is 0 Å². The van der Waals surface area contributed by atoms with E-state index in [1.165, 1.54) is 0 Å². The Hall–Kier alpha value is -1.81. The van der Waals surface area contributed by atoms with E-state index in [1.807, 2.05) is 0 Å². The van der Waals surface area contributed by atoms with Gasteiger partial charge in [0.25, 0.3) is 5.91 Å². The van der Waals surface area contributed by atoms with Crippen LogP contribution in [-0.2, 0) is 21.0 Å². The van der Waals surface area contributed by atoms with Crippen LogP contribution in [0.4, 0.5) is 18.9 Å². The Bertz CT molecular complexity index is 817. The summed E-state index contributed by atoms with van der Waals surface area (Å²) in [5, 5.41) is 3.35. The largest absolute Gasteiger partial charge is 0.417 e. The highest BCUT2D eigenvalue weighted by Gasteiger charge is 2.34. The monoisotopic (exact) mass is 411 g/mol. The number of hydrogen-bond acceptors (Lipinski definition) is 4. The highest BCUT2D eigenvalue weighted by molar-refractivity contribution is 7.92. The van der Waals surface area contributed by atoms with E-state index < -0.39 is 39.2 Å². The molecule has 26 heavy (non-hydrogen) atoms. The average molecular weight is 412 g/mol. The van der Waals surface area contributed by atoms with Crippen molar-refractivity contribution in [2.24, 2.45) is 5.10 Å². The third-order valence-electron chi connectivity index (χ3n) is 3.75. The summed E-state index contributed by atoms with van der Waals surface area (Å²) in [4.78, 5) is 12.0. The molecule has 144 valence electrons. The number of nitrogens with one attached hydrogen (secondary N) is 1. The summed E-state index contributed by atoms with van der Waals surface area (Å²) < 4.78 is 63.5. The zero-order valence-electron chi connectivity index (χ0n) is 13.8. The quantitative estimate of drug-likeness (QED) is 0.756. The van der Waals surface area contributed by atoms with Crippen LogP contribution in [0.25, 0.3) is 0 Å². The lowest BCUT2D eigenvalue weighted by Crippen LogP contribution is -2.39. The number of rotatable bonds is 5. The first-order valence-corrected chi connectivity index (χ1v) is 9.90. The molecule has 1 saturated carbocycles. The molecular weight excluding hydrogens is 395 g/mol. The molecule has 6 nitrogen and oxygen atoms in total. The summed E-state index contributed by atoms with van der Waals surface area (Å²) in [7, 11) is -4.01. The van der Waals surface area contributed by atoms with Gasteiger partial charge < -0.3 is 0 Å². The SMILES string of the molecule is CS(=O)(=O)N(CC(=O)NN=C1CCCC1)c1ccc(Cl)c(C(F)(F)F)c1. The molecule has 0 aromatic heterocycles. The molecule has 2 rings (SSSR count). The Morgan fingerprint density at radius 3 is 2.46 bits per heavy atom. The van der Waals surface area contributed by atoms with E-state index in [0.717, 1.165) is 49.8 Å². The number of carbonyl (C=O) groups is 1. The van der Waals surface area contributed by atoms with Crippen LogP contribution in [0.3, 0.4) is 0 Å². The van der Waals surface area contributed by atoms with E-state index in [0.29, 0.717) is 10.4 Å². The molecule has 0 unspecified atom stereocenters. The van der Waals surface area contributed by atoms with Crippen molar-refractivity contribution >= 4 is 38.9 Å². The first-order chi connectivity index (χ1) is 12.0. The second-order valence-corrected chi connectivity index (χ2v) is 8.17. The summed E-state index contributed by atoms with van der Waals surface area (Å²) in [6.45, 7) is -0.700. The smallest absolute Gasteiger partial charge is 0.271 e. The van der Waals surface area contributed by atoms with E-state index in [2.05, 4.69) is 10.5 Å². The lowest BCUT2D eigenvalue weighted by molar-refractivity contribution is -0.137. The third-order valence-corrected chi connectivity index (χ3v) is 5.22. The second-order valence-electron chi connectivity index (χ2n) is 5.85. The van der Waals surface area contributed by atoms with Crippen molar-refractivity contribution in [3.05, 3.63) is 28.8 Å². The Morgan fingerprint density at radius 1 is 1.31 bits per heavy atom. The Morgan fingerprint density at radius 2 is 1.92 bits per heavy atom. The topological polar surface area (TPSA) is 78.8 Å². The van der Waals surface area contributed by atoms with Crippen LogP contribution in [0.5, 0.6) is 0 Å². The van der Waals surface area contributed by atoms with E-state index in [4.69, 9.17) is 11.6 Å². The number of sulfonamides is 1. The molecule has 0 aliphatic heterocycles. The summed E-state index contributed by atoms with van der Waals surface area (Å²) >= 11 is 5.54. The van der Waals surface area contributed by atoms with Crippen LogP contribution in [0.15, 0.2) is 23.3 Å². The Kier molecular flexibility index (Phi) is 6.17. The number of alkyl halides is 3. The fourth-order valence-electron chi connectivity index (χ4n) is 2.49. The maximum Gasteiger partial charge on any atom is 0.417 e. The molecule has 0 saturated heterocycles.